The van der Waals surface area contributed by atoms with Crippen LogP contribution in [0.15, 0.2) is 48.5 Å². The van der Waals surface area contributed by atoms with Crippen molar-refractivity contribution >= 4 is 23.7 Å². The van der Waals surface area contributed by atoms with Crippen LogP contribution in [0.1, 0.15) is 5.01 Å². The van der Waals surface area contributed by atoms with Gasteiger partial charge in [0.15, 0.2) is 0 Å². The molecule has 0 amide bonds. The lowest BCUT2D eigenvalue weighted by atomic mass is 10.1. The summed E-state index contributed by atoms with van der Waals surface area (Å²) in [7, 11) is 7.47. The van der Waals surface area contributed by atoms with E-state index in [1.165, 1.54) is 4.88 Å². The van der Waals surface area contributed by atoms with Crippen LogP contribution in [0.25, 0.3) is 21.7 Å². The molecule has 0 aliphatic rings. The second-order valence-electron chi connectivity index (χ2n) is 5.98. The maximum atomic E-state index is 5.27. The number of ether oxygens (including phenoxy) is 2. The molecule has 0 fully saturated rings. The fourth-order valence-electron chi connectivity index (χ4n) is 2.59. The van der Waals surface area contributed by atoms with Crippen molar-refractivity contribution in [3.63, 3.8) is 0 Å². The second kappa shape index (κ2) is 9.03. The van der Waals surface area contributed by atoms with E-state index >= 15 is 0 Å². The summed E-state index contributed by atoms with van der Waals surface area (Å²) < 4.78 is 10.5. The number of rotatable bonds is 6. The summed E-state index contributed by atoms with van der Waals surface area (Å²) in [6, 6.07) is 16.2. The average molecular weight is 391 g/mol. The SMILES string of the molecule is COc1ccc(-c2nc(CN(C)C)sc2-c2ccc(OC)cc2)cc1.Cl. The van der Waals surface area contributed by atoms with E-state index in [1.54, 1.807) is 25.6 Å². The summed E-state index contributed by atoms with van der Waals surface area (Å²) in [5, 5.41) is 1.10. The third-order valence-corrected chi connectivity index (χ3v) is 4.93. The Morgan fingerprint density at radius 3 is 1.81 bits per heavy atom. The molecular weight excluding hydrogens is 368 g/mol. The van der Waals surface area contributed by atoms with Gasteiger partial charge in [0.25, 0.3) is 0 Å². The van der Waals surface area contributed by atoms with E-state index in [0.29, 0.717) is 0 Å². The minimum absolute atomic E-state index is 0. The van der Waals surface area contributed by atoms with Gasteiger partial charge in [0.1, 0.15) is 16.5 Å². The van der Waals surface area contributed by atoms with Crippen LogP contribution in [-0.4, -0.2) is 38.2 Å². The molecule has 2 aromatic carbocycles. The number of halogens is 1. The van der Waals surface area contributed by atoms with Crippen LogP contribution in [0, 0.1) is 0 Å². The average Bonchev–Trinajstić information content (AvgIpc) is 3.05. The number of benzene rings is 2. The zero-order valence-electron chi connectivity index (χ0n) is 15.4. The van der Waals surface area contributed by atoms with Crippen LogP contribution in [0.3, 0.4) is 0 Å². The lowest BCUT2D eigenvalue weighted by Crippen LogP contribution is -2.10. The Balaban J connectivity index is 0.00000243. The Kier molecular flexibility index (Phi) is 7.03. The fourth-order valence-corrected chi connectivity index (χ4v) is 3.79. The molecule has 0 aliphatic heterocycles. The number of hydrogen-bond acceptors (Lipinski definition) is 5. The Morgan fingerprint density at radius 2 is 1.35 bits per heavy atom. The molecule has 0 radical (unpaired) electrons. The Hall–Kier alpha value is -2.08. The molecule has 0 aliphatic carbocycles. The van der Waals surface area contributed by atoms with Crippen LogP contribution in [-0.2, 0) is 6.54 Å². The summed E-state index contributed by atoms with van der Waals surface area (Å²) in [5.41, 5.74) is 3.25. The van der Waals surface area contributed by atoms with Crippen molar-refractivity contribution in [1.29, 1.82) is 0 Å². The minimum Gasteiger partial charge on any atom is -0.497 e. The molecule has 0 saturated heterocycles. The maximum absolute atomic E-state index is 5.27. The molecular formula is C20H23ClN2O2S. The Labute approximate surface area is 164 Å². The zero-order chi connectivity index (χ0) is 17.8. The van der Waals surface area contributed by atoms with Crippen LogP contribution in [0.4, 0.5) is 0 Å². The first-order valence-corrected chi connectivity index (χ1v) is 8.85. The third-order valence-electron chi connectivity index (χ3n) is 3.84. The highest BCUT2D eigenvalue weighted by atomic mass is 35.5. The van der Waals surface area contributed by atoms with E-state index < -0.39 is 0 Å². The monoisotopic (exact) mass is 390 g/mol. The van der Waals surface area contributed by atoms with Crippen LogP contribution >= 0.6 is 23.7 Å². The number of aromatic nitrogens is 1. The lowest BCUT2D eigenvalue weighted by Gasteiger charge is -2.05. The Morgan fingerprint density at radius 1 is 0.846 bits per heavy atom. The van der Waals surface area contributed by atoms with Crippen molar-refractivity contribution in [1.82, 2.24) is 9.88 Å². The van der Waals surface area contributed by atoms with Crippen molar-refractivity contribution in [2.75, 3.05) is 28.3 Å². The van der Waals surface area contributed by atoms with Gasteiger partial charge in [0, 0.05) is 12.1 Å². The van der Waals surface area contributed by atoms with Gasteiger partial charge in [-0.25, -0.2) is 4.98 Å². The molecule has 1 heterocycles. The predicted molar refractivity (Wildman–Crippen MR) is 111 cm³/mol. The van der Waals surface area contributed by atoms with Crippen LogP contribution in [0.5, 0.6) is 11.5 Å². The van der Waals surface area contributed by atoms with Crippen molar-refractivity contribution in [2.24, 2.45) is 0 Å². The van der Waals surface area contributed by atoms with E-state index in [9.17, 15) is 0 Å². The van der Waals surface area contributed by atoms with E-state index in [0.717, 1.165) is 39.9 Å². The lowest BCUT2D eigenvalue weighted by molar-refractivity contribution is 0.402. The normalized spacial score (nSPS) is 10.5. The van der Waals surface area contributed by atoms with Gasteiger partial charge in [-0.1, -0.05) is 0 Å². The first-order chi connectivity index (χ1) is 12.1. The smallest absolute Gasteiger partial charge is 0.118 e. The summed E-state index contributed by atoms with van der Waals surface area (Å²) in [6.45, 7) is 0.823. The second-order valence-corrected chi connectivity index (χ2v) is 7.06. The van der Waals surface area contributed by atoms with Crippen LogP contribution < -0.4 is 9.47 Å². The molecule has 3 rings (SSSR count). The summed E-state index contributed by atoms with van der Waals surface area (Å²) in [4.78, 5) is 8.20. The summed E-state index contributed by atoms with van der Waals surface area (Å²) in [5.74, 6) is 1.70. The first kappa shape index (κ1) is 20.2. The zero-order valence-corrected chi connectivity index (χ0v) is 17.0. The predicted octanol–water partition coefficient (Wildman–Crippen LogP) is 4.98. The van der Waals surface area contributed by atoms with Gasteiger partial charge in [0.05, 0.1) is 24.8 Å². The molecule has 0 atom stereocenters. The van der Waals surface area contributed by atoms with E-state index in [-0.39, 0.29) is 12.4 Å². The molecule has 6 heteroatoms. The topological polar surface area (TPSA) is 34.6 Å². The van der Waals surface area contributed by atoms with Gasteiger partial charge in [0.2, 0.25) is 0 Å². The quantitative estimate of drug-likeness (QED) is 0.594. The number of hydrogen-bond donors (Lipinski definition) is 0. The van der Waals surface area contributed by atoms with Gasteiger partial charge in [-0.2, -0.15) is 0 Å². The fraction of sp³-hybridized carbons (Fsp3) is 0.250. The Bertz CT molecular complexity index is 765. The molecule has 26 heavy (non-hydrogen) atoms. The van der Waals surface area contributed by atoms with Crippen molar-refractivity contribution in [3.05, 3.63) is 53.5 Å². The van der Waals surface area contributed by atoms with Gasteiger partial charge in [-0.15, -0.1) is 23.7 Å². The van der Waals surface area contributed by atoms with Crippen molar-refractivity contribution in [2.45, 2.75) is 6.54 Å². The van der Waals surface area contributed by atoms with Gasteiger partial charge < -0.3 is 14.4 Å². The largest absolute Gasteiger partial charge is 0.497 e. The number of methoxy groups -OCH3 is 2. The van der Waals surface area contributed by atoms with E-state index in [1.807, 2.05) is 24.3 Å². The highest BCUT2D eigenvalue weighted by Crippen LogP contribution is 2.38. The molecule has 0 unspecified atom stereocenters. The highest BCUT2D eigenvalue weighted by Gasteiger charge is 2.15. The molecule has 0 saturated carbocycles. The summed E-state index contributed by atoms with van der Waals surface area (Å²) >= 11 is 1.73. The first-order valence-electron chi connectivity index (χ1n) is 8.04. The van der Waals surface area contributed by atoms with Gasteiger partial charge >= 0.3 is 0 Å². The molecule has 0 spiro atoms. The number of nitrogens with zero attached hydrogens (tertiary/aromatic N) is 2. The standard InChI is InChI=1S/C20H22N2O2S.ClH/c1-22(2)13-18-21-19(14-5-9-16(23-3)10-6-14)20(25-18)15-7-11-17(24-4)12-8-15;/h5-12H,13H2,1-4H3;1H. The van der Waals surface area contributed by atoms with E-state index in [2.05, 4.69) is 43.3 Å². The molecule has 0 bridgehead atoms. The van der Waals surface area contributed by atoms with Crippen LogP contribution in [0.2, 0.25) is 0 Å². The van der Waals surface area contributed by atoms with Gasteiger partial charge in [-0.3, -0.25) is 0 Å². The van der Waals surface area contributed by atoms with Crippen molar-refractivity contribution < 1.29 is 9.47 Å². The van der Waals surface area contributed by atoms with Crippen molar-refractivity contribution in [3.8, 4) is 33.2 Å². The molecule has 3 aromatic rings. The highest BCUT2D eigenvalue weighted by molar-refractivity contribution is 7.15. The molecule has 1 aromatic heterocycles. The maximum Gasteiger partial charge on any atom is 0.118 e. The molecule has 4 nitrogen and oxygen atoms in total. The number of thiazole rings is 1. The minimum atomic E-state index is 0. The van der Waals surface area contributed by atoms with E-state index in [4.69, 9.17) is 14.5 Å². The molecule has 138 valence electrons. The third kappa shape index (κ3) is 4.55. The summed E-state index contributed by atoms with van der Waals surface area (Å²) in [6.07, 6.45) is 0. The van der Waals surface area contributed by atoms with Gasteiger partial charge in [-0.05, 0) is 68.2 Å². The molecule has 0 N–H and O–H groups in total.